The molecule has 0 radical (unpaired) electrons. The number of hydrogen-bond donors (Lipinski definition) is 0. The molecule has 0 atom stereocenters. The Labute approximate surface area is 195 Å². The number of piperazine rings is 1. The van der Waals surface area contributed by atoms with Crippen LogP contribution < -0.4 is 9.64 Å². The summed E-state index contributed by atoms with van der Waals surface area (Å²) in [5.74, 6) is 0.736. The van der Waals surface area contributed by atoms with E-state index in [4.69, 9.17) is 9.72 Å². The third-order valence-corrected chi connectivity index (χ3v) is 6.98. The highest BCUT2D eigenvalue weighted by atomic mass is 32.1. The van der Waals surface area contributed by atoms with E-state index in [1.54, 1.807) is 30.6 Å². The molecule has 0 aliphatic carbocycles. The molecular formula is C25H25FN4O2S. The van der Waals surface area contributed by atoms with Crippen LogP contribution in [0.3, 0.4) is 0 Å². The lowest BCUT2D eigenvalue weighted by Crippen LogP contribution is -2.49. The first-order valence-corrected chi connectivity index (χ1v) is 11.9. The molecule has 2 aromatic carbocycles. The molecule has 2 aromatic heterocycles. The van der Waals surface area contributed by atoms with E-state index in [1.165, 1.54) is 6.07 Å². The molecule has 1 aliphatic heterocycles. The first-order chi connectivity index (χ1) is 16.1. The molecule has 3 heterocycles. The van der Waals surface area contributed by atoms with Crippen molar-refractivity contribution in [3.63, 3.8) is 0 Å². The molecular weight excluding hydrogens is 439 g/mol. The second-order valence-corrected chi connectivity index (χ2v) is 8.89. The number of anilines is 1. The number of para-hydroxylation sites is 1. The maximum absolute atomic E-state index is 14.0. The Balaban J connectivity index is 1.20. The summed E-state index contributed by atoms with van der Waals surface area (Å²) in [6, 6.07) is 14.6. The number of aromatic nitrogens is 2. The van der Waals surface area contributed by atoms with Crippen LogP contribution in [0, 0.1) is 5.82 Å². The Morgan fingerprint density at radius 2 is 1.85 bits per heavy atom. The van der Waals surface area contributed by atoms with Crippen molar-refractivity contribution in [1.29, 1.82) is 0 Å². The van der Waals surface area contributed by atoms with Crippen LogP contribution in [-0.4, -0.2) is 53.5 Å². The highest BCUT2D eigenvalue weighted by molar-refractivity contribution is 7.15. The third-order valence-electron chi connectivity index (χ3n) is 6.09. The predicted molar refractivity (Wildman–Crippen MR) is 129 cm³/mol. The number of hydrogen-bond acceptors (Lipinski definition) is 5. The van der Waals surface area contributed by atoms with Gasteiger partial charge in [0, 0.05) is 55.4 Å². The van der Waals surface area contributed by atoms with Crippen LogP contribution in [0.5, 0.6) is 5.75 Å². The molecule has 0 N–H and O–H groups in total. The van der Waals surface area contributed by atoms with Crippen molar-refractivity contribution in [3.05, 3.63) is 71.6 Å². The normalized spacial score (nSPS) is 14.1. The van der Waals surface area contributed by atoms with E-state index >= 15 is 0 Å². The Kier molecular flexibility index (Phi) is 6.00. The molecule has 0 spiro atoms. The summed E-state index contributed by atoms with van der Waals surface area (Å²) >= 11 is 1.58. The number of amides is 1. The van der Waals surface area contributed by atoms with Crippen molar-refractivity contribution >= 4 is 27.9 Å². The Morgan fingerprint density at radius 3 is 2.58 bits per heavy atom. The summed E-state index contributed by atoms with van der Waals surface area (Å²) in [6.45, 7) is 2.50. The SMILES string of the molecule is COc1ccc(-c2cn3c(CCC(=O)N4CCN(c5ccccc5F)CC4)csc3n2)cc1. The zero-order valence-corrected chi connectivity index (χ0v) is 19.2. The number of thiazole rings is 1. The van der Waals surface area contributed by atoms with Crippen LogP contribution in [0.1, 0.15) is 12.1 Å². The zero-order chi connectivity index (χ0) is 22.8. The maximum Gasteiger partial charge on any atom is 0.223 e. The molecule has 6 nitrogen and oxygen atoms in total. The average Bonchev–Trinajstić information content (AvgIpc) is 3.44. The fourth-order valence-corrected chi connectivity index (χ4v) is 5.12. The molecule has 4 aromatic rings. The van der Waals surface area contributed by atoms with Gasteiger partial charge in [-0.15, -0.1) is 11.3 Å². The van der Waals surface area contributed by atoms with Crippen molar-refractivity contribution in [3.8, 4) is 17.0 Å². The van der Waals surface area contributed by atoms with Crippen LogP contribution in [0.25, 0.3) is 16.2 Å². The summed E-state index contributed by atoms with van der Waals surface area (Å²) in [5.41, 5.74) is 3.63. The van der Waals surface area contributed by atoms with Crippen molar-refractivity contribution < 1.29 is 13.9 Å². The largest absolute Gasteiger partial charge is 0.497 e. The molecule has 1 aliphatic rings. The van der Waals surface area contributed by atoms with E-state index in [0.717, 1.165) is 27.7 Å². The molecule has 33 heavy (non-hydrogen) atoms. The zero-order valence-electron chi connectivity index (χ0n) is 18.4. The monoisotopic (exact) mass is 464 g/mol. The number of benzene rings is 2. The average molecular weight is 465 g/mol. The first-order valence-electron chi connectivity index (χ1n) is 11.0. The Morgan fingerprint density at radius 1 is 1.09 bits per heavy atom. The number of imidazole rings is 1. The number of methoxy groups -OCH3 is 1. The molecule has 0 bridgehead atoms. The van der Waals surface area contributed by atoms with Gasteiger partial charge in [-0.2, -0.15) is 0 Å². The number of carbonyl (C=O) groups is 1. The molecule has 0 unspecified atom stereocenters. The van der Waals surface area contributed by atoms with Gasteiger partial charge in [0.05, 0.1) is 18.5 Å². The summed E-state index contributed by atoms with van der Waals surface area (Å²) < 4.78 is 21.3. The summed E-state index contributed by atoms with van der Waals surface area (Å²) in [7, 11) is 1.65. The lowest BCUT2D eigenvalue weighted by atomic mass is 10.1. The summed E-state index contributed by atoms with van der Waals surface area (Å²) in [5, 5.41) is 2.07. The number of rotatable bonds is 6. The van der Waals surface area contributed by atoms with Crippen molar-refractivity contribution in [2.24, 2.45) is 0 Å². The van der Waals surface area contributed by atoms with E-state index in [9.17, 15) is 9.18 Å². The number of ether oxygens (including phenoxy) is 1. The minimum absolute atomic E-state index is 0.137. The van der Waals surface area contributed by atoms with Gasteiger partial charge < -0.3 is 14.5 Å². The van der Waals surface area contributed by atoms with Gasteiger partial charge in [0.25, 0.3) is 0 Å². The van der Waals surface area contributed by atoms with Gasteiger partial charge in [-0.05, 0) is 42.8 Å². The first kappa shape index (κ1) is 21.5. The van der Waals surface area contributed by atoms with Gasteiger partial charge in [0.2, 0.25) is 5.91 Å². The minimum Gasteiger partial charge on any atom is -0.497 e. The predicted octanol–water partition coefficient (Wildman–Crippen LogP) is 4.49. The molecule has 8 heteroatoms. The Bertz CT molecular complexity index is 1260. The quantitative estimate of drug-likeness (QED) is 0.422. The molecule has 170 valence electrons. The van der Waals surface area contributed by atoms with Crippen LogP contribution in [0.2, 0.25) is 0 Å². The number of nitrogens with zero attached hydrogens (tertiary/aromatic N) is 4. The standard InChI is InChI=1S/C25H25FN4O2S/c1-32-20-9-6-18(7-10-20)22-16-30-19(17-33-25(30)27-22)8-11-24(31)29-14-12-28(13-15-29)23-5-3-2-4-21(23)26/h2-7,9-10,16-17H,8,11-15H2,1H3. The molecule has 0 saturated carbocycles. The molecule has 1 amide bonds. The van der Waals surface area contributed by atoms with Crippen molar-refractivity contribution in [2.45, 2.75) is 12.8 Å². The molecule has 1 fully saturated rings. The van der Waals surface area contributed by atoms with Crippen molar-refractivity contribution in [1.82, 2.24) is 14.3 Å². The highest BCUT2D eigenvalue weighted by Crippen LogP contribution is 2.26. The van der Waals surface area contributed by atoms with Gasteiger partial charge in [0.15, 0.2) is 4.96 Å². The van der Waals surface area contributed by atoms with Gasteiger partial charge in [0.1, 0.15) is 11.6 Å². The highest BCUT2D eigenvalue weighted by Gasteiger charge is 2.23. The second-order valence-electron chi connectivity index (χ2n) is 8.05. The topological polar surface area (TPSA) is 50.1 Å². The van der Waals surface area contributed by atoms with Crippen LogP contribution in [0.15, 0.2) is 60.1 Å². The van der Waals surface area contributed by atoms with Gasteiger partial charge >= 0.3 is 0 Å². The van der Waals surface area contributed by atoms with E-state index < -0.39 is 0 Å². The number of aryl methyl sites for hydroxylation is 1. The van der Waals surface area contributed by atoms with Gasteiger partial charge in [-0.1, -0.05) is 12.1 Å². The lowest BCUT2D eigenvalue weighted by molar-refractivity contribution is -0.131. The molecule has 1 saturated heterocycles. The van der Waals surface area contributed by atoms with Gasteiger partial charge in [-0.25, -0.2) is 9.37 Å². The second kappa shape index (κ2) is 9.23. The van der Waals surface area contributed by atoms with E-state index in [1.807, 2.05) is 46.3 Å². The Hall–Kier alpha value is -3.39. The van der Waals surface area contributed by atoms with E-state index in [-0.39, 0.29) is 11.7 Å². The minimum atomic E-state index is -0.215. The van der Waals surface area contributed by atoms with Crippen LogP contribution >= 0.6 is 11.3 Å². The summed E-state index contributed by atoms with van der Waals surface area (Å²) in [6.07, 6.45) is 3.13. The van der Waals surface area contributed by atoms with Gasteiger partial charge in [-0.3, -0.25) is 9.20 Å². The number of fused-ring (bicyclic) bond motifs is 1. The molecule has 5 rings (SSSR count). The van der Waals surface area contributed by atoms with E-state index in [0.29, 0.717) is 44.7 Å². The smallest absolute Gasteiger partial charge is 0.223 e. The van der Waals surface area contributed by atoms with Crippen molar-refractivity contribution in [2.75, 3.05) is 38.2 Å². The third kappa shape index (κ3) is 4.43. The fraction of sp³-hybridized carbons (Fsp3) is 0.280. The summed E-state index contributed by atoms with van der Waals surface area (Å²) in [4.78, 5) is 22.4. The lowest BCUT2D eigenvalue weighted by Gasteiger charge is -2.36. The fourth-order valence-electron chi connectivity index (χ4n) is 4.21. The maximum atomic E-state index is 14.0. The van der Waals surface area contributed by atoms with E-state index in [2.05, 4.69) is 9.78 Å². The number of halogens is 1. The van der Waals surface area contributed by atoms with Crippen LogP contribution in [0.4, 0.5) is 10.1 Å². The number of carbonyl (C=O) groups excluding carboxylic acids is 1. The van der Waals surface area contributed by atoms with Crippen LogP contribution in [-0.2, 0) is 11.2 Å².